The Balaban J connectivity index is 4.19. The summed E-state index contributed by atoms with van der Waals surface area (Å²) >= 11 is 0. The smallest absolute Gasteiger partial charge is 0.366 e. The Morgan fingerprint density at radius 1 is 1.50 bits per heavy atom. The monoisotopic (exact) mass is 138 g/mol. The topological polar surface area (TPSA) is 35.2 Å². The minimum Gasteiger partial charge on any atom is -0.565 e. The highest BCUT2D eigenvalue weighted by molar-refractivity contribution is 6.25. The first-order valence-electron chi connectivity index (χ1n) is 3.16. The SMILES string of the molecule is C=C(C)/C(N)=C(\C)O[B]C. The van der Waals surface area contributed by atoms with Crippen molar-refractivity contribution in [2.75, 3.05) is 0 Å². The van der Waals surface area contributed by atoms with Gasteiger partial charge in [0.1, 0.15) is 0 Å². The fraction of sp³-hybridized carbons (Fsp3) is 0.429. The summed E-state index contributed by atoms with van der Waals surface area (Å²) in [5.41, 5.74) is 7.04. The molecule has 0 fully saturated rings. The quantitative estimate of drug-likeness (QED) is 0.363. The molecule has 0 rings (SSSR count). The third kappa shape index (κ3) is 2.62. The highest BCUT2D eigenvalue weighted by Gasteiger charge is 1.97. The molecule has 0 heterocycles. The van der Waals surface area contributed by atoms with Crippen LogP contribution in [-0.4, -0.2) is 7.48 Å². The Hall–Kier alpha value is -0.855. The molecule has 0 bridgehead atoms. The maximum Gasteiger partial charge on any atom is 0.366 e. The summed E-state index contributed by atoms with van der Waals surface area (Å²) in [5.74, 6) is 0.704. The number of rotatable bonds is 3. The van der Waals surface area contributed by atoms with Crippen molar-refractivity contribution in [3.05, 3.63) is 23.6 Å². The Kier molecular flexibility index (Phi) is 3.69. The lowest BCUT2D eigenvalue weighted by Gasteiger charge is -2.06. The van der Waals surface area contributed by atoms with E-state index >= 15 is 0 Å². The van der Waals surface area contributed by atoms with Crippen LogP contribution in [0.1, 0.15) is 13.8 Å². The van der Waals surface area contributed by atoms with Crippen LogP contribution >= 0.6 is 0 Å². The van der Waals surface area contributed by atoms with Crippen molar-refractivity contribution < 1.29 is 4.65 Å². The van der Waals surface area contributed by atoms with Gasteiger partial charge in [0.2, 0.25) is 0 Å². The van der Waals surface area contributed by atoms with E-state index < -0.39 is 0 Å². The van der Waals surface area contributed by atoms with Gasteiger partial charge in [-0.1, -0.05) is 13.4 Å². The fourth-order valence-corrected chi connectivity index (χ4v) is 0.541. The molecule has 55 valence electrons. The number of hydrogen-bond acceptors (Lipinski definition) is 2. The minimum atomic E-state index is 0.623. The van der Waals surface area contributed by atoms with Crippen LogP contribution in [0.15, 0.2) is 23.6 Å². The predicted molar refractivity (Wildman–Crippen MR) is 44.4 cm³/mol. The van der Waals surface area contributed by atoms with Gasteiger partial charge in [-0.05, 0) is 19.4 Å². The maximum absolute atomic E-state index is 5.58. The van der Waals surface area contributed by atoms with Crippen molar-refractivity contribution in [2.45, 2.75) is 20.7 Å². The lowest BCUT2D eigenvalue weighted by atomic mass is 10.1. The van der Waals surface area contributed by atoms with Gasteiger partial charge in [-0.2, -0.15) is 0 Å². The van der Waals surface area contributed by atoms with Gasteiger partial charge in [0.05, 0.1) is 11.5 Å². The number of hydrogen-bond donors (Lipinski definition) is 1. The molecule has 2 N–H and O–H groups in total. The molecule has 1 radical (unpaired) electrons. The van der Waals surface area contributed by atoms with Gasteiger partial charge in [-0.25, -0.2) is 0 Å². The van der Waals surface area contributed by atoms with E-state index in [9.17, 15) is 0 Å². The highest BCUT2D eigenvalue weighted by Crippen LogP contribution is 2.06. The average molecular weight is 138 g/mol. The van der Waals surface area contributed by atoms with E-state index in [0.29, 0.717) is 11.5 Å². The van der Waals surface area contributed by atoms with E-state index in [4.69, 9.17) is 10.4 Å². The molecule has 0 saturated carbocycles. The largest absolute Gasteiger partial charge is 0.565 e. The van der Waals surface area contributed by atoms with Gasteiger partial charge in [0.25, 0.3) is 0 Å². The highest BCUT2D eigenvalue weighted by atomic mass is 16.4. The van der Waals surface area contributed by atoms with E-state index in [1.54, 1.807) is 14.3 Å². The maximum atomic E-state index is 5.58. The van der Waals surface area contributed by atoms with Crippen molar-refractivity contribution in [1.29, 1.82) is 0 Å². The summed E-state index contributed by atoms with van der Waals surface area (Å²) < 4.78 is 5.03. The molecule has 0 aromatic carbocycles. The third-order valence-corrected chi connectivity index (χ3v) is 1.13. The first-order chi connectivity index (χ1) is 4.59. The van der Waals surface area contributed by atoms with E-state index in [-0.39, 0.29) is 0 Å². The molecule has 0 aromatic rings. The van der Waals surface area contributed by atoms with Crippen molar-refractivity contribution in [2.24, 2.45) is 5.73 Å². The lowest BCUT2D eigenvalue weighted by molar-refractivity contribution is 0.452. The summed E-state index contributed by atoms with van der Waals surface area (Å²) in [5, 5.41) is 0. The van der Waals surface area contributed by atoms with Crippen LogP contribution in [0.4, 0.5) is 0 Å². The van der Waals surface area contributed by atoms with E-state index in [1.165, 1.54) is 0 Å². The molecular weight excluding hydrogens is 125 g/mol. The Labute approximate surface area is 63.0 Å². The van der Waals surface area contributed by atoms with Gasteiger partial charge >= 0.3 is 7.48 Å². The normalized spacial score (nSPS) is 11.9. The Morgan fingerprint density at radius 3 is 2.30 bits per heavy atom. The molecule has 0 atom stereocenters. The molecule has 0 aromatic heterocycles. The van der Waals surface area contributed by atoms with Crippen LogP contribution in [-0.2, 0) is 4.65 Å². The fourth-order valence-electron chi connectivity index (χ4n) is 0.541. The molecule has 0 aliphatic rings. The van der Waals surface area contributed by atoms with E-state index in [2.05, 4.69) is 6.58 Å². The molecule has 0 unspecified atom stereocenters. The zero-order valence-electron chi connectivity index (χ0n) is 6.77. The van der Waals surface area contributed by atoms with Crippen molar-refractivity contribution in [3.8, 4) is 0 Å². The average Bonchev–Trinajstić information content (AvgIpc) is 1.87. The molecule has 0 aliphatic heterocycles. The molecule has 10 heavy (non-hydrogen) atoms. The zero-order valence-corrected chi connectivity index (χ0v) is 6.77. The molecule has 0 spiro atoms. The first kappa shape index (κ1) is 9.14. The van der Waals surface area contributed by atoms with Gasteiger partial charge < -0.3 is 10.4 Å². The first-order valence-corrected chi connectivity index (χ1v) is 3.16. The minimum absolute atomic E-state index is 0.623. The van der Waals surface area contributed by atoms with Crippen molar-refractivity contribution >= 4 is 7.48 Å². The zero-order chi connectivity index (χ0) is 8.15. The molecule has 2 nitrogen and oxygen atoms in total. The summed E-state index contributed by atoms with van der Waals surface area (Å²) in [6.45, 7) is 9.14. The van der Waals surface area contributed by atoms with Crippen molar-refractivity contribution in [1.82, 2.24) is 0 Å². The Morgan fingerprint density at radius 2 is 2.00 bits per heavy atom. The van der Waals surface area contributed by atoms with Gasteiger partial charge in [0, 0.05) is 0 Å². The number of nitrogens with two attached hydrogens (primary N) is 1. The van der Waals surface area contributed by atoms with Crippen LogP contribution in [0, 0.1) is 0 Å². The second-order valence-corrected chi connectivity index (χ2v) is 2.10. The molecule has 0 saturated heterocycles. The van der Waals surface area contributed by atoms with Crippen LogP contribution in [0.2, 0.25) is 6.82 Å². The molecule has 3 heteroatoms. The van der Waals surface area contributed by atoms with E-state index in [0.717, 1.165) is 5.57 Å². The molecule has 0 aliphatic carbocycles. The van der Waals surface area contributed by atoms with Gasteiger partial charge in [-0.3, -0.25) is 0 Å². The standard InChI is InChI=1S/C7H13BNO/c1-5(2)7(9)6(3)10-8-4/h1,9H2,2-4H3/b7-6-. The number of allylic oxidation sites excluding steroid dienone is 2. The van der Waals surface area contributed by atoms with Gasteiger partial charge in [0.15, 0.2) is 0 Å². The Bertz CT molecular complexity index is 163. The van der Waals surface area contributed by atoms with Crippen LogP contribution in [0.5, 0.6) is 0 Å². The summed E-state index contributed by atoms with van der Waals surface area (Å²) in [4.78, 5) is 0. The predicted octanol–water partition coefficient (Wildman–Crippen LogP) is 1.44. The lowest BCUT2D eigenvalue weighted by Crippen LogP contribution is -2.04. The second-order valence-electron chi connectivity index (χ2n) is 2.10. The third-order valence-electron chi connectivity index (χ3n) is 1.13. The van der Waals surface area contributed by atoms with Crippen LogP contribution < -0.4 is 5.73 Å². The molecule has 0 amide bonds. The summed E-state index contributed by atoms with van der Waals surface area (Å²) in [6.07, 6.45) is 0. The van der Waals surface area contributed by atoms with Crippen LogP contribution in [0.25, 0.3) is 0 Å². The van der Waals surface area contributed by atoms with Gasteiger partial charge in [-0.15, -0.1) is 0 Å². The molecular formula is C7H13BNO. The van der Waals surface area contributed by atoms with E-state index in [1.807, 2.05) is 13.8 Å². The second kappa shape index (κ2) is 4.04. The van der Waals surface area contributed by atoms with Crippen molar-refractivity contribution in [3.63, 3.8) is 0 Å². The summed E-state index contributed by atoms with van der Waals surface area (Å²) in [7, 11) is 1.59. The summed E-state index contributed by atoms with van der Waals surface area (Å²) in [6, 6.07) is 0. The van der Waals surface area contributed by atoms with Crippen LogP contribution in [0.3, 0.4) is 0 Å².